The summed E-state index contributed by atoms with van der Waals surface area (Å²) < 4.78 is 10.2. The molecule has 21 heavy (non-hydrogen) atoms. The quantitative estimate of drug-likeness (QED) is 0.875. The summed E-state index contributed by atoms with van der Waals surface area (Å²) in [6.45, 7) is 7.78. The van der Waals surface area contributed by atoms with E-state index in [1.807, 2.05) is 6.92 Å². The summed E-state index contributed by atoms with van der Waals surface area (Å²) in [5, 5.41) is 10.4. The molecular formula is C14H20N4O3. The number of aromatic nitrogens is 3. The van der Waals surface area contributed by atoms with Crippen molar-refractivity contribution >= 4 is 5.91 Å². The van der Waals surface area contributed by atoms with E-state index in [0.29, 0.717) is 23.4 Å². The fraction of sp³-hybridized carbons (Fsp3) is 0.571. The van der Waals surface area contributed by atoms with Gasteiger partial charge in [-0.05, 0) is 19.8 Å². The van der Waals surface area contributed by atoms with Gasteiger partial charge in [-0.25, -0.2) is 0 Å². The molecule has 0 aliphatic rings. The maximum absolute atomic E-state index is 11.9. The Hall–Kier alpha value is -2.18. The van der Waals surface area contributed by atoms with E-state index in [2.05, 4.69) is 34.5 Å². The molecule has 1 amide bonds. The molecule has 7 heteroatoms. The Kier molecular flexibility index (Phi) is 4.72. The monoisotopic (exact) mass is 292 g/mol. The lowest BCUT2D eigenvalue weighted by Crippen LogP contribution is -2.28. The predicted octanol–water partition coefficient (Wildman–Crippen LogP) is 1.98. The van der Waals surface area contributed by atoms with Gasteiger partial charge in [-0.1, -0.05) is 24.2 Å². The molecule has 0 spiro atoms. The zero-order valence-corrected chi connectivity index (χ0v) is 12.7. The Morgan fingerprint density at radius 1 is 1.29 bits per heavy atom. The number of carbonyl (C=O) groups excluding carboxylic acids is 1. The molecule has 1 atom stereocenters. The van der Waals surface area contributed by atoms with Crippen molar-refractivity contribution in [1.82, 2.24) is 20.6 Å². The molecular weight excluding hydrogens is 272 g/mol. The molecule has 0 saturated carbocycles. The summed E-state index contributed by atoms with van der Waals surface area (Å²) in [4.78, 5) is 16.2. The van der Waals surface area contributed by atoms with Crippen LogP contribution < -0.4 is 5.32 Å². The highest BCUT2D eigenvalue weighted by atomic mass is 16.5. The molecule has 1 unspecified atom stereocenters. The Balaban J connectivity index is 1.89. The van der Waals surface area contributed by atoms with Gasteiger partial charge in [0.05, 0.1) is 12.1 Å². The van der Waals surface area contributed by atoms with Gasteiger partial charge in [0.15, 0.2) is 5.82 Å². The van der Waals surface area contributed by atoms with Crippen molar-refractivity contribution in [3.63, 3.8) is 0 Å². The summed E-state index contributed by atoms with van der Waals surface area (Å²) in [6, 6.07) is 1.40. The fourth-order valence-electron chi connectivity index (χ4n) is 1.90. The van der Waals surface area contributed by atoms with Crippen LogP contribution >= 0.6 is 0 Å². The number of carbonyl (C=O) groups is 1. The van der Waals surface area contributed by atoms with Gasteiger partial charge in [-0.3, -0.25) is 4.79 Å². The van der Waals surface area contributed by atoms with Gasteiger partial charge >= 0.3 is 0 Å². The topological polar surface area (TPSA) is 94.1 Å². The van der Waals surface area contributed by atoms with Crippen LogP contribution in [-0.4, -0.2) is 21.2 Å². The van der Waals surface area contributed by atoms with Gasteiger partial charge in [0.2, 0.25) is 11.8 Å². The highest BCUT2D eigenvalue weighted by Gasteiger charge is 2.18. The normalized spacial score (nSPS) is 12.6. The van der Waals surface area contributed by atoms with Gasteiger partial charge in [-0.15, -0.1) is 0 Å². The second-order valence-electron chi connectivity index (χ2n) is 5.55. The van der Waals surface area contributed by atoms with Crippen molar-refractivity contribution in [2.45, 2.75) is 46.6 Å². The first kappa shape index (κ1) is 15.2. The first-order valence-electron chi connectivity index (χ1n) is 6.98. The van der Waals surface area contributed by atoms with E-state index in [4.69, 9.17) is 9.05 Å². The van der Waals surface area contributed by atoms with E-state index >= 15 is 0 Å². The first-order valence-corrected chi connectivity index (χ1v) is 6.98. The van der Waals surface area contributed by atoms with Gasteiger partial charge in [0.1, 0.15) is 11.8 Å². The molecule has 2 aromatic heterocycles. The molecule has 0 aromatic carbocycles. The van der Waals surface area contributed by atoms with Gasteiger partial charge in [0.25, 0.3) is 0 Å². The molecule has 1 N–H and O–H groups in total. The zero-order chi connectivity index (χ0) is 15.4. The van der Waals surface area contributed by atoms with Crippen LogP contribution in [0.5, 0.6) is 0 Å². The molecule has 2 aromatic rings. The molecule has 2 heterocycles. The van der Waals surface area contributed by atoms with Gasteiger partial charge < -0.3 is 14.4 Å². The van der Waals surface area contributed by atoms with E-state index in [1.165, 1.54) is 0 Å². The number of hydrogen-bond acceptors (Lipinski definition) is 6. The lowest BCUT2D eigenvalue weighted by molar-refractivity contribution is -0.121. The third kappa shape index (κ3) is 4.40. The Morgan fingerprint density at radius 2 is 2.05 bits per heavy atom. The van der Waals surface area contributed by atoms with Crippen LogP contribution in [0.15, 0.2) is 15.1 Å². The van der Waals surface area contributed by atoms with E-state index in [0.717, 1.165) is 12.1 Å². The summed E-state index contributed by atoms with van der Waals surface area (Å²) >= 11 is 0. The minimum Gasteiger partial charge on any atom is -0.361 e. The Morgan fingerprint density at radius 3 is 2.67 bits per heavy atom. The number of nitrogens with zero attached hydrogens (tertiary/aromatic N) is 3. The molecule has 0 bridgehead atoms. The predicted molar refractivity (Wildman–Crippen MR) is 74.3 cm³/mol. The molecule has 0 aliphatic heterocycles. The van der Waals surface area contributed by atoms with Crippen LogP contribution in [0.4, 0.5) is 0 Å². The van der Waals surface area contributed by atoms with Crippen LogP contribution in [0.3, 0.4) is 0 Å². The maximum atomic E-state index is 11.9. The lowest BCUT2D eigenvalue weighted by Gasteiger charge is -2.08. The van der Waals surface area contributed by atoms with Crippen molar-refractivity contribution in [2.75, 3.05) is 0 Å². The van der Waals surface area contributed by atoms with Crippen molar-refractivity contribution in [2.24, 2.45) is 5.92 Å². The summed E-state index contributed by atoms with van der Waals surface area (Å²) in [5.41, 5.74) is 0.751. The minimum atomic E-state index is -0.338. The van der Waals surface area contributed by atoms with Crippen LogP contribution in [0.2, 0.25) is 0 Å². The number of hydrogen-bond donors (Lipinski definition) is 1. The molecule has 7 nitrogen and oxygen atoms in total. The fourth-order valence-corrected chi connectivity index (χ4v) is 1.90. The summed E-state index contributed by atoms with van der Waals surface area (Å²) in [5.74, 6) is 1.88. The number of nitrogens with one attached hydrogen (secondary N) is 1. The molecule has 0 aliphatic carbocycles. The highest BCUT2D eigenvalue weighted by Crippen LogP contribution is 2.12. The maximum Gasteiger partial charge on any atom is 0.248 e. The largest absolute Gasteiger partial charge is 0.361 e. The second kappa shape index (κ2) is 6.51. The van der Waals surface area contributed by atoms with Gasteiger partial charge in [0, 0.05) is 12.5 Å². The minimum absolute atomic E-state index is 0.137. The van der Waals surface area contributed by atoms with Crippen LogP contribution in [-0.2, 0) is 17.6 Å². The Bertz CT molecular complexity index is 603. The average molecular weight is 292 g/mol. The van der Waals surface area contributed by atoms with Crippen molar-refractivity contribution in [3.8, 4) is 0 Å². The molecule has 0 saturated heterocycles. The van der Waals surface area contributed by atoms with E-state index in [9.17, 15) is 4.79 Å². The zero-order valence-electron chi connectivity index (χ0n) is 12.7. The van der Waals surface area contributed by atoms with Gasteiger partial charge in [-0.2, -0.15) is 4.98 Å². The van der Waals surface area contributed by atoms with Crippen molar-refractivity contribution < 1.29 is 13.8 Å². The van der Waals surface area contributed by atoms with E-state index < -0.39 is 0 Å². The van der Waals surface area contributed by atoms with E-state index in [-0.39, 0.29) is 18.4 Å². The summed E-state index contributed by atoms with van der Waals surface area (Å²) in [7, 11) is 0. The first-order chi connectivity index (χ1) is 9.94. The van der Waals surface area contributed by atoms with Crippen LogP contribution in [0.1, 0.15) is 50.0 Å². The standard InChI is InChI=1S/C14H20N4O3/c1-8(2)5-12-16-14(21-18-12)10(4)15-13(19)7-11-6-9(3)17-20-11/h6,8,10H,5,7H2,1-4H3,(H,15,19). The molecule has 0 radical (unpaired) electrons. The SMILES string of the molecule is Cc1cc(CC(=O)NC(C)c2nc(CC(C)C)no2)on1. The third-order valence-electron chi connectivity index (χ3n) is 2.83. The van der Waals surface area contributed by atoms with E-state index in [1.54, 1.807) is 13.0 Å². The van der Waals surface area contributed by atoms with Crippen LogP contribution in [0.25, 0.3) is 0 Å². The second-order valence-corrected chi connectivity index (χ2v) is 5.55. The average Bonchev–Trinajstić information content (AvgIpc) is 2.98. The van der Waals surface area contributed by atoms with Crippen LogP contribution in [0, 0.1) is 12.8 Å². The molecule has 114 valence electrons. The number of amides is 1. The molecule has 0 fully saturated rings. The summed E-state index contributed by atoms with van der Waals surface area (Å²) in [6.07, 6.45) is 0.889. The van der Waals surface area contributed by atoms with Crippen molar-refractivity contribution in [1.29, 1.82) is 0 Å². The van der Waals surface area contributed by atoms with Crippen molar-refractivity contribution in [3.05, 3.63) is 29.2 Å². The smallest absolute Gasteiger partial charge is 0.248 e. The highest BCUT2D eigenvalue weighted by molar-refractivity contribution is 5.78. The molecule has 2 rings (SSSR count). The Labute approximate surface area is 123 Å². The third-order valence-corrected chi connectivity index (χ3v) is 2.83. The number of rotatable bonds is 6. The number of aryl methyl sites for hydroxylation is 1. The lowest BCUT2D eigenvalue weighted by atomic mass is 10.1.